The zero-order chi connectivity index (χ0) is 28.3. The number of thioether (sulfide) groups is 1. The molecule has 0 bridgehead atoms. The summed E-state index contributed by atoms with van der Waals surface area (Å²) in [6.07, 6.45) is -1.65. The quantitative estimate of drug-likeness (QED) is 0.254. The second-order valence-electron chi connectivity index (χ2n) is 8.37. The Bertz CT molecular complexity index is 1370. The number of rotatable bonds is 8. The summed E-state index contributed by atoms with van der Waals surface area (Å²) in [5.74, 6) is -1.86. The van der Waals surface area contributed by atoms with Crippen LogP contribution in [0.2, 0.25) is 10.0 Å². The van der Waals surface area contributed by atoms with Gasteiger partial charge in [0.1, 0.15) is 29.9 Å². The first-order valence-electron chi connectivity index (χ1n) is 11.4. The zero-order valence-electron chi connectivity index (χ0n) is 20.7. The number of benzene rings is 1. The number of hydrogen-bond donors (Lipinski definition) is 0. The van der Waals surface area contributed by atoms with Crippen LogP contribution in [-0.2, 0) is 33.3 Å². The fourth-order valence-corrected chi connectivity index (χ4v) is 6.14. The molecule has 0 radical (unpaired) electrons. The van der Waals surface area contributed by atoms with E-state index in [1.807, 2.05) is 0 Å². The van der Waals surface area contributed by atoms with Crippen molar-refractivity contribution in [3.8, 4) is 10.6 Å². The van der Waals surface area contributed by atoms with E-state index in [-0.39, 0.29) is 6.61 Å². The van der Waals surface area contributed by atoms with E-state index >= 15 is 0 Å². The van der Waals surface area contributed by atoms with Gasteiger partial charge in [0.25, 0.3) is 0 Å². The average Bonchev–Trinajstić information content (AvgIpc) is 3.50. The van der Waals surface area contributed by atoms with Crippen LogP contribution in [-0.4, -0.2) is 63.3 Å². The van der Waals surface area contributed by atoms with Gasteiger partial charge < -0.3 is 18.9 Å². The molecule has 2 unspecified atom stereocenters. The summed E-state index contributed by atoms with van der Waals surface area (Å²) in [6.45, 7) is 3.39. The average molecular weight is 618 g/mol. The first-order valence-corrected chi connectivity index (χ1v) is 13.9. The van der Waals surface area contributed by atoms with Crippen molar-refractivity contribution in [3.63, 3.8) is 0 Å². The van der Waals surface area contributed by atoms with E-state index < -0.39 is 52.8 Å². The highest BCUT2D eigenvalue weighted by atomic mass is 35.5. The summed E-state index contributed by atoms with van der Waals surface area (Å²) in [5.41, 5.74) is -0.556. The normalized spacial score (nSPS) is 22.8. The SMILES string of the molecule is CC(=O)OCC1O[C@H](Sc2ccc(Cl)c(Cl)c2)C(OC(C)=O)[C@@H](n2cc(-c3ccc(F)s3)nn2)[C@H]1OC(C)=O. The van der Waals surface area contributed by atoms with Gasteiger partial charge in [-0.25, -0.2) is 4.68 Å². The molecule has 0 N–H and O–H groups in total. The molecule has 4 rings (SSSR count). The van der Waals surface area contributed by atoms with Crippen LogP contribution in [0.4, 0.5) is 4.39 Å². The second kappa shape index (κ2) is 12.6. The molecule has 5 atom stereocenters. The van der Waals surface area contributed by atoms with E-state index in [2.05, 4.69) is 10.3 Å². The van der Waals surface area contributed by atoms with Crippen molar-refractivity contribution >= 4 is 64.2 Å². The first kappa shape index (κ1) is 29.3. The minimum atomic E-state index is -1.12. The minimum Gasteiger partial charge on any atom is -0.463 e. The molecule has 0 saturated carbocycles. The van der Waals surface area contributed by atoms with Gasteiger partial charge in [0, 0.05) is 25.7 Å². The number of carbonyl (C=O) groups is 3. The Labute approximate surface area is 240 Å². The third-order valence-corrected chi connectivity index (χ3v) is 8.23. The van der Waals surface area contributed by atoms with E-state index in [0.717, 1.165) is 11.3 Å². The molecule has 1 aliphatic rings. The Morgan fingerprint density at radius 3 is 2.38 bits per heavy atom. The van der Waals surface area contributed by atoms with Crippen molar-refractivity contribution < 1.29 is 37.7 Å². The van der Waals surface area contributed by atoms with Crippen LogP contribution < -0.4 is 0 Å². The third-order valence-electron chi connectivity index (χ3n) is 5.46. The Kier molecular flexibility index (Phi) is 9.49. The van der Waals surface area contributed by atoms with Crippen LogP contribution in [0.3, 0.4) is 0 Å². The number of aromatic nitrogens is 3. The van der Waals surface area contributed by atoms with Crippen LogP contribution >= 0.6 is 46.3 Å². The molecule has 208 valence electrons. The largest absolute Gasteiger partial charge is 0.463 e. The van der Waals surface area contributed by atoms with Crippen molar-refractivity contribution in [2.24, 2.45) is 0 Å². The van der Waals surface area contributed by atoms with Gasteiger partial charge in [-0.3, -0.25) is 14.4 Å². The van der Waals surface area contributed by atoms with E-state index in [9.17, 15) is 18.8 Å². The smallest absolute Gasteiger partial charge is 0.303 e. The lowest BCUT2D eigenvalue weighted by molar-refractivity contribution is -0.212. The summed E-state index contributed by atoms with van der Waals surface area (Å²) in [6, 6.07) is 6.82. The van der Waals surface area contributed by atoms with Gasteiger partial charge in [-0.1, -0.05) is 40.2 Å². The Morgan fingerprint density at radius 2 is 1.77 bits per heavy atom. The summed E-state index contributed by atoms with van der Waals surface area (Å²) in [7, 11) is 0. The molecule has 1 fully saturated rings. The second-order valence-corrected chi connectivity index (χ2v) is 11.4. The van der Waals surface area contributed by atoms with Crippen molar-refractivity contribution in [2.75, 3.05) is 6.61 Å². The molecule has 1 aromatic carbocycles. The topological polar surface area (TPSA) is 119 Å². The molecule has 10 nitrogen and oxygen atoms in total. The molecule has 2 aromatic heterocycles. The molecule has 0 spiro atoms. The molecule has 3 heterocycles. The lowest BCUT2D eigenvalue weighted by Gasteiger charge is -2.44. The molecular formula is C24H22Cl2FN3O7S2. The lowest BCUT2D eigenvalue weighted by atomic mass is 9.96. The van der Waals surface area contributed by atoms with Crippen LogP contribution in [0.25, 0.3) is 10.6 Å². The number of hydrogen-bond acceptors (Lipinski definition) is 11. The highest BCUT2D eigenvalue weighted by molar-refractivity contribution is 7.99. The minimum absolute atomic E-state index is 0.271. The molecule has 0 aliphatic carbocycles. The first-order chi connectivity index (χ1) is 18.5. The predicted octanol–water partition coefficient (Wildman–Crippen LogP) is 4.94. The highest BCUT2D eigenvalue weighted by Crippen LogP contribution is 2.42. The number of halogens is 3. The maximum absolute atomic E-state index is 13.7. The maximum Gasteiger partial charge on any atom is 0.303 e. The van der Waals surface area contributed by atoms with E-state index in [1.165, 1.54) is 49.5 Å². The van der Waals surface area contributed by atoms with Gasteiger partial charge in [0.2, 0.25) is 0 Å². The van der Waals surface area contributed by atoms with Gasteiger partial charge >= 0.3 is 17.9 Å². The van der Waals surface area contributed by atoms with E-state index in [1.54, 1.807) is 24.3 Å². The van der Waals surface area contributed by atoms with Crippen LogP contribution in [0, 0.1) is 5.13 Å². The standard InChI is InChI=1S/C24H22Cl2FN3O7S2/c1-11(31)34-10-18-22(35-12(2)32)21(30-9-17(28-29-30)19-6-7-20(27)39-19)23(36-13(3)33)24(37-18)38-14-4-5-15(25)16(26)8-14/h4-9,18,21-24H,10H2,1-3H3/t18?,21-,22-,23?,24+/m0/s1. The van der Waals surface area contributed by atoms with Crippen LogP contribution in [0.5, 0.6) is 0 Å². The monoisotopic (exact) mass is 617 g/mol. The molecular weight excluding hydrogens is 596 g/mol. The highest BCUT2D eigenvalue weighted by Gasteiger charge is 2.52. The molecule has 1 saturated heterocycles. The number of ether oxygens (including phenoxy) is 4. The van der Waals surface area contributed by atoms with Gasteiger partial charge in [-0.2, -0.15) is 4.39 Å². The summed E-state index contributed by atoms with van der Waals surface area (Å²) < 4.78 is 37.8. The number of nitrogens with zero attached hydrogens (tertiary/aromatic N) is 3. The van der Waals surface area contributed by atoms with E-state index in [4.69, 9.17) is 42.1 Å². The number of thiophene rings is 1. The Morgan fingerprint density at radius 1 is 1.05 bits per heavy atom. The van der Waals surface area contributed by atoms with Gasteiger partial charge in [-0.05, 0) is 30.3 Å². The van der Waals surface area contributed by atoms with Crippen molar-refractivity contribution in [2.45, 2.75) is 55.5 Å². The van der Waals surface area contributed by atoms with Crippen molar-refractivity contribution in [1.29, 1.82) is 0 Å². The third kappa shape index (κ3) is 7.28. The molecule has 3 aromatic rings. The van der Waals surface area contributed by atoms with Crippen molar-refractivity contribution in [3.05, 3.63) is 51.7 Å². The van der Waals surface area contributed by atoms with Gasteiger partial charge in [0.05, 0.1) is 21.1 Å². The summed E-state index contributed by atoms with van der Waals surface area (Å²) >= 11 is 14.3. The van der Waals surface area contributed by atoms with E-state index in [0.29, 0.717) is 25.5 Å². The molecule has 1 aliphatic heterocycles. The van der Waals surface area contributed by atoms with Crippen LogP contribution in [0.15, 0.2) is 41.4 Å². The van der Waals surface area contributed by atoms with Gasteiger partial charge in [-0.15, -0.1) is 16.4 Å². The fourth-order valence-electron chi connectivity index (χ4n) is 3.95. The maximum atomic E-state index is 13.7. The summed E-state index contributed by atoms with van der Waals surface area (Å²) in [4.78, 5) is 37.2. The molecule has 39 heavy (non-hydrogen) atoms. The lowest BCUT2D eigenvalue weighted by Crippen LogP contribution is -2.57. The Balaban J connectivity index is 1.79. The zero-order valence-corrected chi connectivity index (χ0v) is 23.9. The van der Waals surface area contributed by atoms with Crippen molar-refractivity contribution in [1.82, 2.24) is 15.0 Å². The van der Waals surface area contributed by atoms with Crippen LogP contribution in [0.1, 0.15) is 26.8 Å². The Hall–Kier alpha value is -2.71. The predicted molar refractivity (Wildman–Crippen MR) is 141 cm³/mol. The molecule has 0 amide bonds. The summed E-state index contributed by atoms with van der Waals surface area (Å²) in [5, 5.41) is 8.59. The molecule has 15 heteroatoms. The number of esters is 3. The number of carbonyl (C=O) groups excluding carboxylic acids is 3. The fraction of sp³-hybridized carbons (Fsp3) is 0.375. The van der Waals surface area contributed by atoms with Gasteiger partial charge in [0.15, 0.2) is 17.3 Å².